The average Bonchev–Trinajstić information content (AvgIpc) is 2.86. The molecule has 194 valence electrons. The van der Waals surface area contributed by atoms with Gasteiger partial charge >= 0.3 is 0 Å². The molecule has 3 heterocycles. The van der Waals surface area contributed by atoms with Gasteiger partial charge in [-0.3, -0.25) is 14.5 Å². The topological polar surface area (TPSA) is 65.1 Å². The van der Waals surface area contributed by atoms with Gasteiger partial charge in [-0.2, -0.15) is 0 Å². The summed E-state index contributed by atoms with van der Waals surface area (Å²) in [6, 6.07) is 6.68. The second-order valence-corrected chi connectivity index (χ2v) is 10.6. The number of hydrogen-bond donors (Lipinski definition) is 1. The molecule has 0 saturated carbocycles. The molecule has 0 aromatic heterocycles. The van der Waals surface area contributed by atoms with E-state index in [1.165, 1.54) is 19.3 Å². The first kappa shape index (κ1) is 26.1. The van der Waals surface area contributed by atoms with Crippen LogP contribution in [0.15, 0.2) is 18.2 Å². The van der Waals surface area contributed by atoms with Crippen molar-refractivity contribution in [2.75, 3.05) is 51.3 Å². The van der Waals surface area contributed by atoms with E-state index in [0.717, 1.165) is 95.7 Å². The predicted molar refractivity (Wildman–Crippen MR) is 140 cm³/mol. The number of amides is 2. The molecule has 1 aromatic carbocycles. The van der Waals surface area contributed by atoms with E-state index < -0.39 is 0 Å². The molecule has 0 aliphatic carbocycles. The molecule has 0 radical (unpaired) electrons. The molecule has 3 aliphatic heterocycles. The zero-order chi connectivity index (χ0) is 24.6. The number of fused-ring (bicyclic) bond motifs is 1. The van der Waals surface area contributed by atoms with Gasteiger partial charge in [-0.15, -0.1) is 0 Å². The molecule has 3 aliphatic rings. The number of ether oxygens (including phenoxy) is 1. The maximum absolute atomic E-state index is 13.2. The van der Waals surface area contributed by atoms with Crippen molar-refractivity contribution in [3.63, 3.8) is 0 Å². The van der Waals surface area contributed by atoms with Crippen LogP contribution in [-0.4, -0.2) is 80.1 Å². The Bertz CT molecular complexity index is 847. The van der Waals surface area contributed by atoms with Crippen LogP contribution in [0.3, 0.4) is 0 Å². The van der Waals surface area contributed by atoms with Crippen molar-refractivity contribution >= 4 is 17.5 Å². The van der Waals surface area contributed by atoms with Gasteiger partial charge < -0.3 is 19.9 Å². The molecule has 7 heteroatoms. The Morgan fingerprint density at radius 2 is 1.60 bits per heavy atom. The maximum Gasteiger partial charge on any atom is 0.251 e. The summed E-state index contributed by atoms with van der Waals surface area (Å²) >= 11 is 0. The maximum atomic E-state index is 13.2. The van der Waals surface area contributed by atoms with Crippen molar-refractivity contribution < 1.29 is 14.3 Å². The number of carbonyl (C=O) groups excluding carboxylic acids is 2. The van der Waals surface area contributed by atoms with Gasteiger partial charge in [0.05, 0.1) is 0 Å². The molecule has 35 heavy (non-hydrogen) atoms. The van der Waals surface area contributed by atoms with Crippen molar-refractivity contribution in [1.29, 1.82) is 0 Å². The van der Waals surface area contributed by atoms with Crippen molar-refractivity contribution in [2.45, 2.75) is 83.3 Å². The summed E-state index contributed by atoms with van der Waals surface area (Å²) in [6.07, 6.45) is 9.87. The highest BCUT2D eigenvalue weighted by Crippen LogP contribution is 2.28. The Labute approximate surface area is 211 Å². The molecule has 2 fully saturated rings. The van der Waals surface area contributed by atoms with E-state index in [0.29, 0.717) is 11.6 Å². The molecule has 0 spiro atoms. The zero-order valence-corrected chi connectivity index (χ0v) is 21.8. The zero-order valence-electron chi connectivity index (χ0n) is 21.8. The van der Waals surface area contributed by atoms with Crippen LogP contribution in [0.4, 0.5) is 5.69 Å². The van der Waals surface area contributed by atoms with E-state index in [9.17, 15) is 9.59 Å². The number of rotatable bonds is 3. The van der Waals surface area contributed by atoms with Gasteiger partial charge in [-0.05, 0) is 89.0 Å². The number of hydrogen-bond acceptors (Lipinski definition) is 5. The van der Waals surface area contributed by atoms with E-state index in [2.05, 4.69) is 22.2 Å². The van der Waals surface area contributed by atoms with Gasteiger partial charge in [0.1, 0.15) is 0 Å². The van der Waals surface area contributed by atoms with Crippen LogP contribution < -0.4 is 10.2 Å². The fraction of sp³-hybridized carbons (Fsp3) is 0.714. The van der Waals surface area contributed by atoms with Crippen LogP contribution in [0.2, 0.25) is 0 Å². The van der Waals surface area contributed by atoms with Crippen molar-refractivity contribution in [3.05, 3.63) is 29.3 Å². The minimum Gasteiger partial charge on any atom is -0.381 e. The van der Waals surface area contributed by atoms with Crippen molar-refractivity contribution in [2.24, 2.45) is 0 Å². The molecule has 4 rings (SSSR count). The molecular formula is C28H44N4O3. The van der Waals surface area contributed by atoms with Gasteiger partial charge in [-0.1, -0.05) is 19.3 Å². The number of likely N-dealkylation sites (tertiary alicyclic amines) is 1. The smallest absolute Gasteiger partial charge is 0.251 e. The lowest BCUT2D eigenvalue weighted by Gasteiger charge is -2.36. The summed E-state index contributed by atoms with van der Waals surface area (Å²) in [5, 5.41) is 3.26. The van der Waals surface area contributed by atoms with Gasteiger partial charge in [0.15, 0.2) is 0 Å². The SMILES string of the molecule is CC(=O)N1CCCCCCCN(C2CCOCC2)Cc2cc(C(=O)NC3CCN(C)CC3)ccc21. The molecule has 2 saturated heterocycles. The minimum atomic E-state index is 0.000427. The molecule has 0 atom stereocenters. The highest BCUT2D eigenvalue weighted by molar-refractivity contribution is 5.97. The Balaban J connectivity index is 1.60. The normalized spacial score (nSPS) is 22.6. The summed E-state index contributed by atoms with van der Waals surface area (Å²) in [4.78, 5) is 32.7. The molecule has 1 aromatic rings. The van der Waals surface area contributed by atoms with Gasteiger partial charge in [-0.25, -0.2) is 0 Å². The number of benzene rings is 1. The number of nitrogens with zero attached hydrogens (tertiary/aromatic N) is 3. The third-order valence-corrected chi connectivity index (χ3v) is 7.97. The van der Waals surface area contributed by atoms with Crippen LogP contribution in [0.25, 0.3) is 0 Å². The fourth-order valence-corrected chi connectivity index (χ4v) is 5.76. The molecule has 0 bridgehead atoms. The van der Waals surface area contributed by atoms with Crippen molar-refractivity contribution in [3.8, 4) is 0 Å². The fourth-order valence-electron chi connectivity index (χ4n) is 5.76. The summed E-state index contributed by atoms with van der Waals surface area (Å²) in [5.74, 6) is 0.0740. The third-order valence-electron chi connectivity index (χ3n) is 7.97. The lowest BCUT2D eigenvalue weighted by atomic mass is 10.0. The summed E-state index contributed by atoms with van der Waals surface area (Å²) in [5.41, 5.74) is 2.75. The van der Waals surface area contributed by atoms with E-state index in [1.54, 1.807) is 6.92 Å². The first-order chi connectivity index (χ1) is 17.0. The molecule has 0 unspecified atom stereocenters. The van der Waals surface area contributed by atoms with Gasteiger partial charge in [0, 0.05) is 56.6 Å². The van der Waals surface area contributed by atoms with Crippen LogP contribution in [0.5, 0.6) is 0 Å². The standard InChI is InChI=1S/C28H44N4O3/c1-22(33)32-15-7-5-3-4-6-14-31(26-12-18-35-19-13-26)21-24-20-23(8-9-27(24)32)28(34)29-25-10-16-30(2)17-11-25/h8-9,20,25-26H,3-7,10-19,21H2,1-2H3,(H,29,34). The second-order valence-electron chi connectivity index (χ2n) is 10.6. The van der Waals surface area contributed by atoms with E-state index >= 15 is 0 Å². The highest BCUT2D eigenvalue weighted by atomic mass is 16.5. The average molecular weight is 485 g/mol. The Morgan fingerprint density at radius 3 is 2.31 bits per heavy atom. The van der Waals surface area contributed by atoms with Crippen LogP contribution >= 0.6 is 0 Å². The van der Waals surface area contributed by atoms with E-state index in [-0.39, 0.29) is 17.9 Å². The largest absolute Gasteiger partial charge is 0.381 e. The monoisotopic (exact) mass is 484 g/mol. The minimum absolute atomic E-state index is 0.000427. The quantitative estimate of drug-likeness (QED) is 0.707. The van der Waals surface area contributed by atoms with Gasteiger partial charge in [0.25, 0.3) is 5.91 Å². The van der Waals surface area contributed by atoms with Crippen LogP contribution in [-0.2, 0) is 16.1 Å². The van der Waals surface area contributed by atoms with E-state index in [1.807, 2.05) is 23.1 Å². The number of piperidine rings is 1. The summed E-state index contributed by atoms with van der Waals surface area (Å²) in [7, 11) is 2.13. The third kappa shape index (κ3) is 7.28. The van der Waals surface area contributed by atoms with Gasteiger partial charge in [0.2, 0.25) is 5.91 Å². The Kier molecular flexibility index (Phi) is 9.58. The Morgan fingerprint density at radius 1 is 0.914 bits per heavy atom. The number of anilines is 1. The lowest BCUT2D eigenvalue weighted by molar-refractivity contribution is -0.116. The predicted octanol–water partition coefficient (Wildman–Crippen LogP) is 3.81. The van der Waals surface area contributed by atoms with Crippen LogP contribution in [0.1, 0.15) is 80.6 Å². The lowest BCUT2D eigenvalue weighted by Crippen LogP contribution is -2.43. The molecule has 1 N–H and O–H groups in total. The Hall–Kier alpha value is -1.96. The van der Waals surface area contributed by atoms with Crippen molar-refractivity contribution in [1.82, 2.24) is 15.1 Å². The van der Waals surface area contributed by atoms with E-state index in [4.69, 9.17) is 4.74 Å². The highest BCUT2D eigenvalue weighted by Gasteiger charge is 2.26. The number of carbonyl (C=O) groups is 2. The first-order valence-electron chi connectivity index (χ1n) is 13.7. The first-order valence-corrected chi connectivity index (χ1v) is 13.7. The van der Waals surface area contributed by atoms with Crippen LogP contribution in [0, 0.1) is 0 Å². The second kappa shape index (κ2) is 12.8. The summed E-state index contributed by atoms with van der Waals surface area (Å²) in [6.45, 7) is 7.87. The molecule has 2 amide bonds. The number of nitrogens with one attached hydrogen (secondary N) is 1. The molecular weight excluding hydrogens is 440 g/mol. The summed E-state index contributed by atoms with van der Waals surface area (Å²) < 4.78 is 5.64. The molecule has 7 nitrogen and oxygen atoms in total.